The summed E-state index contributed by atoms with van der Waals surface area (Å²) in [6.45, 7) is 1.58. The largest absolute Gasteiger partial charge is 0.361 e. The SMILES string of the molecule is CC(=O)[C@@H]1O[C@H]1Cc1ccccc1. The van der Waals surface area contributed by atoms with E-state index in [-0.39, 0.29) is 18.0 Å². The maximum Gasteiger partial charge on any atom is 0.161 e. The zero-order chi connectivity index (χ0) is 9.26. The molecule has 1 fully saturated rings. The first-order valence-electron chi connectivity index (χ1n) is 4.47. The van der Waals surface area contributed by atoms with Gasteiger partial charge in [0.1, 0.15) is 6.10 Å². The van der Waals surface area contributed by atoms with Gasteiger partial charge in [-0.25, -0.2) is 0 Å². The van der Waals surface area contributed by atoms with Crippen LogP contribution in [-0.4, -0.2) is 18.0 Å². The number of rotatable bonds is 3. The molecule has 13 heavy (non-hydrogen) atoms. The van der Waals surface area contributed by atoms with Crippen LogP contribution in [0, 0.1) is 0 Å². The minimum Gasteiger partial charge on any atom is -0.361 e. The van der Waals surface area contributed by atoms with E-state index in [9.17, 15) is 4.79 Å². The zero-order valence-electron chi connectivity index (χ0n) is 7.57. The van der Waals surface area contributed by atoms with E-state index in [1.807, 2.05) is 18.2 Å². The lowest BCUT2D eigenvalue weighted by Gasteiger charge is -1.94. The molecule has 0 radical (unpaired) electrons. The third kappa shape index (κ3) is 1.95. The minimum atomic E-state index is -0.139. The van der Waals surface area contributed by atoms with Gasteiger partial charge in [0, 0.05) is 6.42 Å². The average Bonchev–Trinajstić information content (AvgIpc) is 2.86. The van der Waals surface area contributed by atoms with Crippen LogP contribution in [0.1, 0.15) is 12.5 Å². The first-order valence-corrected chi connectivity index (χ1v) is 4.47. The molecule has 0 aliphatic carbocycles. The van der Waals surface area contributed by atoms with Gasteiger partial charge in [-0.15, -0.1) is 0 Å². The monoisotopic (exact) mass is 176 g/mol. The van der Waals surface area contributed by atoms with Crippen LogP contribution in [0.4, 0.5) is 0 Å². The molecule has 2 atom stereocenters. The molecule has 0 saturated carbocycles. The number of carbonyl (C=O) groups is 1. The van der Waals surface area contributed by atoms with Crippen molar-refractivity contribution in [2.45, 2.75) is 25.6 Å². The van der Waals surface area contributed by atoms with Crippen LogP contribution in [-0.2, 0) is 16.0 Å². The number of ketones is 1. The molecular formula is C11H12O2. The number of ether oxygens (including phenoxy) is 1. The summed E-state index contributed by atoms with van der Waals surface area (Å²) < 4.78 is 5.23. The molecule has 1 aliphatic heterocycles. The van der Waals surface area contributed by atoms with E-state index in [4.69, 9.17) is 4.74 Å². The highest BCUT2D eigenvalue weighted by molar-refractivity contribution is 5.83. The summed E-state index contributed by atoms with van der Waals surface area (Å²) in [5.41, 5.74) is 1.23. The van der Waals surface area contributed by atoms with E-state index < -0.39 is 0 Å². The molecule has 2 heteroatoms. The first-order chi connectivity index (χ1) is 6.27. The summed E-state index contributed by atoms with van der Waals surface area (Å²) in [5, 5.41) is 0. The summed E-state index contributed by atoms with van der Waals surface area (Å²) in [5.74, 6) is 0.140. The molecule has 0 N–H and O–H groups in total. The lowest BCUT2D eigenvalue weighted by molar-refractivity contribution is -0.118. The predicted octanol–water partition coefficient (Wildman–Crippen LogP) is 1.59. The van der Waals surface area contributed by atoms with Crippen molar-refractivity contribution in [3.63, 3.8) is 0 Å². The Morgan fingerprint density at radius 1 is 1.38 bits per heavy atom. The van der Waals surface area contributed by atoms with Crippen molar-refractivity contribution in [3.8, 4) is 0 Å². The zero-order valence-corrected chi connectivity index (χ0v) is 7.57. The lowest BCUT2D eigenvalue weighted by Crippen LogP contribution is -2.06. The molecule has 0 amide bonds. The van der Waals surface area contributed by atoms with Crippen LogP contribution in [0.5, 0.6) is 0 Å². The molecule has 1 aliphatic rings. The Balaban J connectivity index is 1.92. The van der Waals surface area contributed by atoms with Gasteiger partial charge >= 0.3 is 0 Å². The van der Waals surface area contributed by atoms with Crippen molar-refractivity contribution < 1.29 is 9.53 Å². The third-order valence-electron chi connectivity index (χ3n) is 2.26. The molecule has 68 valence electrons. The molecular weight excluding hydrogens is 164 g/mol. The fourth-order valence-electron chi connectivity index (χ4n) is 1.50. The molecule has 2 nitrogen and oxygen atoms in total. The highest BCUT2D eigenvalue weighted by Crippen LogP contribution is 2.26. The lowest BCUT2D eigenvalue weighted by atomic mass is 10.1. The van der Waals surface area contributed by atoms with E-state index in [0.29, 0.717) is 0 Å². The maximum absolute atomic E-state index is 10.9. The fraction of sp³-hybridized carbons (Fsp3) is 0.364. The third-order valence-corrected chi connectivity index (χ3v) is 2.26. The van der Waals surface area contributed by atoms with Gasteiger partial charge in [0.15, 0.2) is 5.78 Å². The van der Waals surface area contributed by atoms with Crippen LogP contribution in [0.15, 0.2) is 30.3 Å². The molecule has 1 aromatic carbocycles. The van der Waals surface area contributed by atoms with E-state index in [0.717, 1.165) is 6.42 Å². The van der Waals surface area contributed by atoms with E-state index >= 15 is 0 Å². The molecule has 1 heterocycles. The number of benzene rings is 1. The summed E-state index contributed by atoms with van der Waals surface area (Å²) in [4.78, 5) is 10.9. The Kier molecular flexibility index (Phi) is 2.15. The number of Topliss-reactive ketones (excluding diaryl/α,β-unsaturated/α-hetero) is 1. The quantitative estimate of drug-likeness (QED) is 0.654. The summed E-state index contributed by atoms with van der Waals surface area (Å²) in [6.07, 6.45) is 0.838. The maximum atomic E-state index is 10.9. The van der Waals surface area contributed by atoms with Crippen molar-refractivity contribution in [2.75, 3.05) is 0 Å². The summed E-state index contributed by atoms with van der Waals surface area (Å²) in [6, 6.07) is 10.1. The van der Waals surface area contributed by atoms with Gasteiger partial charge in [-0.05, 0) is 12.5 Å². The molecule has 0 bridgehead atoms. The fourth-order valence-corrected chi connectivity index (χ4v) is 1.50. The number of carbonyl (C=O) groups excluding carboxylic acids is 1. The van der Waals surface area contributed by atoms with Gasteiger partial charge in [0.05, 0.1) is 6.10 Å². The summed E-state index contributed by atoms with van der Waals surface area (Å²) in [7, 11) is 0. The Hall–Kier alpha value is -1.15. The van der Waals surface area contributed by atoms with Gasteiger partial charge < -0.3 is 4.74 Å². The Bertz CT molecular complexity index is 305. The molecule has 0 spiro atoms. The van der Waals surface area contributed by atoms with Gasteiger partial charge in [-0.1, -0.05) is 30.3 Å². The van der Waals surface area contributed by atoms with Crippen molar-refractivity contribution in [2.24, 2.45) is 0 Å². The molecule has 2 rings (SSSR count). The molecule has 1 saturated heterocycles. The van der Waals surface area contributed by atoms with E-state index in [2.05, 4.69) is 12.1 Å². The standard InChI is InChI=1S/C11H12O2/c1-8(12)11-10(13-11)7-9-5-3-2-4-6-9/h2-6,10-11H,7H2,1H3/t10-,11-/m0/s1. The first kappa shape index (κ1) is 8.45. The second-order valence-corrected chi connectivity index (χ2v) is 3.40. The van der Waals surface area contributed by atoms with Crippen LogP contribution >= 0.6 is 0 Å². The van der Waals surface area contributed by atoms with Crippen molar-refractivity contribution >= 4 is 5.78 Å². The number of hydrogen-bond acceptors (Lipinski definition) is 2. The molecule has 1 aromatic rings. The highest BCUT2D eigenvalue weighted by Gasteiger charge is 2.42. The minimum absolute atomic E-state index is 0.125. The molecule has 0 unspecified atom stereocenters. The molecule has 0 aromatic heterocycles. The van der Waals surface area contributed by atoms with Crippen molar-refractivity contribution in [1.82, 2.24) is 0 Å². The Morgan fingerprint density at radius 2 is 2.08 bits per heavy atom. The highest BCUT2D eigenvalue weighted by atomic mass is 16.6. The second kappa shape index (κ2) is 3.30. The van der Waals surface area contributed by atoms with Crippen LogP contribution in [0.2, 0.25) is 0 Å². The smallest absolute Gasteiger partial charge is 0.161 e. The number of hydrogen-bond donors (Lipinski definition) is 0. The van der Waals surface area contributed by atoms with Crippen LogP contribution < -0.4 is 0 Å². The number of epoxide rings is 1. The Morgan fingerprint density at radius 3 is 2.62 bits per heavy atom. The van der Waals surface area contributed by atoms with Crippen molar-refractivity contribution in [3.05, 3.63) is 35.9 Å². The van der Waals surface area contributed by atoms with E-state index in [1.54, 1.807) is 6.92 Å². The topological polar surface area (TPSA) is 29.6 Å². The van der Waals surface area contributed by atoms with Gasteiger partial charge in [0.25, 0.3) is 0 Å². The normalized spacial score (nSPS) is 25.6. The predicted molar refractivity (Wildman–Crippen MR) is 49.5 cm³/mol. The van der Waals surface area contributed by atoms with Gasteiger partial charge in [-0.3, -0.25) is 4.79 Å². The average molecular weight is 176 g/mol. The Labute approximate surface area is 77.5 Å². The van der Waals surface area contributed by atoms with Crippen LogP contribution in [0.3, 0.4) is 0 Å². The van der Waals surface area contributed by atoms with Gasteiger partial charge in [0.2, 0.25) is 0 Å². The van der Waals surface area contributed by atoms with E-state index in [1.165, 1.54) is 5.56 Å². The van der Waals surface area contributed by atoms with Crippen molar-refractivity contribution in [1.29, 1.82) is 0 Å². The van der Waals surface area contributed by atoms with Crippen LogP contribution in [0.25, 0.3) is 0 Å². The van der Waals surface area contributed by atoms with Gasteiger partial charge in [-0.2, -0.15) is 0 Å². The second-order valence-electron chi connectivity index (χ2n) is 3.40. The summed E-state index contributed by atoms with van der Waals surface area (Å²) >= 11 is 0.